The van der Waals surface area contributed by atoms with Gasteiger partial charge in [0.1, 0.15) is 0 Å². The zero-order chi connectivity index (χ0) is 16.8. The lowest BCUT2D eigenvalue weighted by Crippen LogP contribution is -3.11. The fourth-order valence-corrected chi connectivity index (χ4v) is 2.99. The van der Waals surface area contributed by atoms with Crippen molar-refractivity contribution in [3.05, 3.63) is 54.4 Å². The summed E-state index contributed by atoms with van der Waals surface area (Å²) in [5, 5.41) is 3.49. The number of likely N-dealkylation sites (N-methyl/N-ethyl adjacent to an activating group) is 1. The van der Waals surface area contributed by atoms with Crippen LogP contribution in [-0.4, -0.2) is 34.2 Å². The minimum absolute atomic E-state index is 0.754. The summed E-state index contributed by atoms with van der Waals surface area (Å²) in [6, 6.07) is 12.4. The summed E-state index contributed by atoms with van der Waals surface area (Å²) in [5.41, 5.74) is 3.45. The van der Waals surface area contributed by atoms with Crippen molar-refractivity contribution < 1.29 is 4.90 Å². The van der Waals surface area contributed by atoms with Gasteiger partial charge in [0, 0.05) is 18.9 Å². The summed E-state index contributed by atoms with van der Waals surface area (Å²) in [5.74, 6) is 0.944. The molecule has 0 aliphatic rings. The summed E-state index contributed by atoms with van der Waals surface area (Å²) < 4.78 is 2.31. The first kappa shape index (κ1) is 16.5. The van der Waals surface area contributed by atoms with Gasteiger partial charge in [-0.1, -0.05) is 12.1 Å². The first-order chi connectivity index (χ1) is 11.8. The minimum atomic E-state index is 0.754. The second kappa shape index (κ2) is 7.93. The Hall–Kier alpha value is -2.40. The third-order valence-electron chi connectivity index (χ3n) is 4.54. The molecule has 0 amide bonds. The number of nitrogens with zero attached hydrogens (tertiary/aromatic N) is 3. The Balaban J connectivity index is 1.81. The fraction of sp³-hybridized carbons (Fsp3) is 0.368. The highest BCUT2D eigenvalue weighted by Gasteiger charge is 2.12. The topological polar surface area (TPSA) is 47.2 Å². The lowest BCUT2D eigenvalue weighted by Gasteiger charge is -2.17. The average Bonchev–Trinajstić information content (AvgIpc) is 2.99. The first-order valence-corrected chi connectivity index (χ1v) is 8.73. The van der Waals surface area contributed by atoms with E-state index in [9.17, 15) is 0 Å². The van der Waals surface area contributed by atoms with Crippen molar-refractivity contribution in [1.82, 2.24) is 14.5 Å². The Kier molecular flexibility index (Phi) is 5.43. The van der Waals surface area contributed by atoms with Gasteiger partial charge in [-0.2, -0.15) is 0 Å². The molecule has 3 aromatic rings. The molecule has 0 aliphatic heterocycles. The van der Waals surface area contributed by atoms with Crippen LogP contribution >= 0.6 is 0 Å². The Morgan fingerprint density at radius 1 is 1.04 bits per heavy atom. The molecule has 24 heavy (non-hydrogen) atoms. The van der Waals surface area contributed by atoms with E-state index in [1.165, 1.54) is 11.1 Å². The molecule has 0 aliphatic carbocycles. The predicted molar refractivity (Wildman–Crippen MR) is 98.2 cm³/mol. The van der Waals surface area contributed by atoms with Gasteiger partial charge in [0.05, 0.1) is 37.2 Å². The SMILES string of the molecule is CC[NH+](CC)CCn1c(NCc2ccncc2)nc2ccccc21. The molecule has 0 spiro atoms. The summed E-state index contributed by atoms with van der Waals surface area (Å²) in [6.45, 7) is 9.63. The molecule has 2 heterocycles. The maximum Gasteiger partial charge on any atom is 0.204 e. The van der Waals surface area contributed by atoms with Crippen molar-refractivity contribution in [3.63, 3.8) is 0 Å². The number of quaternary nitrogens is 1. The highest BCUT2D eigenvalue weighted by Crippen LogP contribution is 2.19. The molecule has 0 atom stereocenters. The number of hydrogen-bond donors (Lipinski definition) is 2. The van der Waals surface area contributed by atoms with Crippen molar-refractivity contribution >= 4 is 17.0 Å². The van der Waals surface area contributed by atoms with E-state index in [-0.39, 0.29) is 0 Å². The number of rotatable bonds is 8. The molecule has 0 saturated heterocycles. The number of hydrogen-bond acceptors (Lipinski definition) is 3. The molecule has 1 aromatic carbocycles. The molecule has 2 N–H and O–H groups in total. The average molecular weight is 324 g/mol. The van der Waals surface area contributed by atoms with Crippen LogP contribution < -0.4 is 10.2 Å². The lowest BCUT2D eigenvalue weighted by molar-refractivity contribution is -0.897. The number of para-hydroxylation sites is 2. The van der Waals surface area contributed by atoms with E-state index >= 15 is 0 Å². The Labute approximate surface area is 143 Å². The number of aromatic nitrogens is 3. The van der Waals surface area contributed by atoms with Crippen molar-refractivity contribution in [2.45, 2.75) is 26.9 Å². The molecule has 5 nitrogen and oxygen atoms in total. The third kappa shape index (κ3) is 3.74. The van der Waals surface area contributed by atoms with Gasteiger partial charge in [-0.05, 0) is 43.7 Å². The Morgan fingerprint density at radius 2 is 1.79 bits per heavy atom. The first-order valence-electron chi connectivity index (χ1n) is 8.73. The number of fused-ring (bicyclic) bond motifs is 1. The number of benzene rings is 1. The van der Waals surface area contributed by atoms with E-state index in [1.54, 1.807) is 4.90 Å². The van der Waals surface area contributed by atoms with Crippen molar-refractivity contribution in [2.75, 3.05) is 25.0 Å². The number of pyridine rings is 1. The molecule has 0 radical (unpaired) electrons. The minimum Gasteiger partial charge on any atom is -0.352 e. The van der Waals surface area contributed by atoms with E-state index < -0.39 is 0 Å². The van der Waals surface area contributed by atoms with Crippen LogP contribution in [0.4, 0.5) is 5.95 Å². The maximum atomic E-state index is 4.78. The standard InChI is InChI=1S/C19H25N5/c1-3-23(4-2)13-14-24-18-8-6-5-7-17(18)22-19(24)21-15-16-9-11-20-12-10-16/h5-12H,3-4,13-15H2,1-2H3,(H,21,22)/p+1. The molecule has 0 bridgehead atoms. The van der Waals surface area contributed by atoms with Crippen molar-refractivity contribution in [3.8, 4) is 0 Å². The lowest BCUT2D eigenvalue weighted by atomic mass is 10.3. The zero-order valence-electron chi connectivity index (χ0n) is 14.5. The van der Waals surface area contributed by atoms with E-state index in [2.05, 4.69) is 46.9 Å². The van der Waals surface area contributed by atoms with Gasteiger partial charge < -0.3 is 14.8 Å². The molecule has 3 rings (SSSR count). The van der Waals surface area contributed by atoms with Crippen LogP contribution in [0.1, 0.15) is 19.4 Å². The van der Waals surface area contributed by atoms with E-state index in [0.717, 1.165) is 44.2 Å². The zero-order valence-corrected chi connectivity index (χ0v) is 14.5. The molecule has 0 fully saturated rings. The van der Waals surface area contributed by atoms with Crippen LogP contribution in [0.5, 0.6) is 0 Å². The molecule has 0 unspecified atom stereocenters. The van der Waals surface area contributed by atoms with Crippen LogP contribution in [0.25, 0.3) is 11.0 Å². The van der Waals surface area contributed by atoms with Gasteiger partial charge in [0.15, 0.2) is 0 Å². The number of anilines is 1. The van der Waals surface area contributed by atoms with Crippen LogP contribution in [0.2, 0.25) is 0 Å². The van der Waals surface area contributed by atoms with Gasteiger partial charge >= 0.3 is 0 Å². The second-order valence-corrected chi connectivity index (χ2v) is 5.99. The summed E-state index contributed by atoms with van der Waals surface area (Å²) in [7, 11) is 0. The van der Waals surface area contributed by atoms with Gasteiger partial charge in [0.25, 0.3) is 0 Å². The molecule has 5 heteroatoms. The fourth-order valence-electron chi connectivity index (χ4n) is 2.99. The van der Waals surface area contributed by atoms with Crippen LogP contribution in [0, 0.1) is 0 Å². The van der Waals surface area contributed by atoms with Crippen molar-refractivity contribution in [2.24, 2.45) is 0 Å². The quantitative estimate of drug-likeness (QED) is 0.666. The highest BCUT2D eigenvalue weighted by atomic mass is 15.2. The molecular formula is C19H26N5+. The van der Waals surface area contributed by atoms with Gasteiger partial charge in [-0.15, -0.1) is 0 Å². The van der Waals surface area contributed by atoms with Crippen LogP contribution in [0.3, 0.4) is 0 Å². The normalized spacial score (nSPS) is 11.3. The van der Waals surface area contributed by atoms with Gasteiger partial charge in [0.2, 0.25) is 5.95 Å². The molecule has 126 valence electrons. The Morgan fingerprint density at radius 3 is 2.54 bits per heavy atom. The van der Waals surface area contributed by atoms with Crippen molar-refractivity contribution in [1.29, 1.82) is 0 Å². The van der Waals surface area contributed by atoms with Crippen LogP contribution in [-0.2, 0) is 13.1 Å². The molecular weight excluding hydrogens is 298 g/mol. The van der Waals surface area contributed by atoms with Gasteiger partial charge in [-0.25, -0.2) is 4.98 Å². The molecule has 2 aromatic heterocycles. The summed E-state index contributed by atoms with van der Waals surface area (Å²) in [6.07, 6.45) is 3.65. The van der Waals surface area contributed by atoms with Crippen LogP contribution in [0.15, 0.2) is 48.8 Å². The van der Waals surface area contributed by atoms with Gasteiger partial charge in [-0.3, -0.25) is 4.98 Å². The smallest absolute Gasteiger partial charge is 0.204 e. The number of nitrogens with one attached hydrogen (secondary N) is 2. The third-order valence-corrected chi connectivity index (χ3v) is 4.54. The highest BCUT2D eigenvalue weighted by molar-refractivity contribution is 5.78. The predicted octanol–water partition coefficient (Wildman–Crippen LogP) is 1.97. The summed E-state index contributed by atoms with van der Waals surface area (Å²) in [4.78, 5) is 10.5. The second-order valence-electron chi connectivity index (χ2n) is 5.99. The van der Waals surface area contributed by atoms with E-state index in [0.29, 0.717) is 0 Å². The summed E-state index contributed by atoms with van der Waals surface area (Å²) >= 11 is 0. The monoisotopic (exact) mass is 324 g/mol. The number of imidazole rings is 1. The van der Waals surface area contributed by atoms with E-state index in [4.69, 9.17) is 4.98 Å². The van der Waals surface area contributed by atoms with E-state index in [1.807, 2.05) is 30.6 Å². The maximum absolute atomic E-state index is 4.78. The molecule has 0 saturated carbocycles. The Bertz CT molecular complexity index is 762. The largest absolute Gasteiger partial charge is 0.352 e.